The summed E-state index contributed by atoms with van der Waals surface area (Å²) in [6, 6.07) is 17.4. The van der Waals surface area contributed by atoms with Crippen LogP contribution < -0.4 is 14.2 Å². The lowest BCUT2D eigenvalue weighted by molar-refractivity contribution is -0.384. The van der Waals surface area contributed by atoms with E-state index in [1.807, 2.05) is 0 Å². The largest absolute Gasteiger partial charge is 0.454 e. The molecular formula is C26H16N2O8. The van der Waals surface area contributed by atoms with E-state index in [9.17, 15) is 19.7 Å². The first-order valence-electron chi connectivity index (χ1n) is 10.6. The number of aliphatic imine (C=N–C) groups is 1. The van der Waals surface area contributed by atoms with Crippen molar-refractivity contribution >= 4 is 35.7 Å². The number of benzene rings is 3. The summed E-state index contributed by atoms with van der Waals surface area (Å²) in [5.74, 6) is 0.132. The zero-order valence-electron chi connectivity index (χ0n) is 18.5. The third-order valence-electron chi connectivity index (χ3n) is 5.18. The number of carbonyl (C=O) groups is 2. The molecule has 0 radical (unpaired) electrons. The van der Waals surface area contributed by atoms with E-state index in [1.165, 1.54) is 42.5 Å². The van der Waals surface area contributed by atoms with Crippen molar-refractivity contribution in [2.75, 3.05) is 6.79 Å². The van der Waals surface area contributed by atoms with Gasteiger partial charge in [-0.25, -0.2) is 14.6 Å². The molecule has 3 aromatic carbocycles. The van der Waals surface area contributed by atoms with Crippen LogP contribution in [0.4, 0.5) is 5.69 Å². The van der Waals surface area contributed by atoms with Crippen LogP contribution in [0.3, 0.4) is 0 Å². The normalized spacial score (nSPS) is 15.2. The van der Waals surface area contributed by atoms with E-state index in [1.54, 1.807) is 42.5 Å². The molecule has 0 aliphatic carbocycles. The Kier molecular flexibility index (Phi) is 5.98. The van der Waals surface area contributed by atoms with Gasteiger partial charge in [-0.1, -0.05) is 18.2 Å². The van der Waals surface area contributed by atoms with Gasteiger partial charge in [0.05, 0.1) is 4.92 Å². The van der Waals surface area contributed by atoms with Crippen LogP contribution in [0.15, 0.2) is 83.5 Å². The Labute approximate surface area is 203 Å². The quantitative estimate of drug-likeness (QED) is 0.167. The highest BCUT2D eigenvalue weighted by molar-refractivity contribution is 6.13. The number of hydrogen-bond donors (Lipinski definition) is 0. The SMILES string of the molecule is O=C(/C=C/c1ccc([N+](=O)[O-])cc1)Oc1ccccc1/C=C1/N=C(c2ccc3c(c2)OCO3)OC1=O. The van der Waals surface area contributed by atoms with Gasteiger partial charge in [-0.05, 0) is 54.1 Å². The highest BCUT2D eigenvalue weighted by Gasteiger charge is 2.26. The average molecular weight is 484 g/mol. The summed E-state index contributed by atoms with van der Waals surface area (Å²) in [5.41, 5.74) is 1.57. The van der Waals surface area contributed by atoms with Crippen LogP contribution in [-0.4, -0.2) is 29.6 Å². The molecule has 178 valence electrons. The third kappa shape index (κ3) is 4.82. The maximum absolute atomic E-state index is 12.4. The molecule has 0 spiro atoms. The van der Waals surface area contributed by atoms with Crippen molar-refractivity contribution in [3.05, 3.63) is 105 Å². The van der Waals surface area contributed by atoms with Crippen LogP contribution in [0.1, 0.15) is 16.7 Å². The maximum Gasteiger partial charge on any atom is 0.363 e. The van der Waals surface area contributed by atoms with E-state index in [0.717, 1.165) is 0 Å². The lowest BCUT2D eigenvalue weighted by Crippen LogP contribution is -2.06. The molecule has 0 amide bonds. The Bertz CT molecular complexity index is 1470. The Morgan fingerprint density at radius 3 is 2.61 bits per heavy atom. The first kappa shape index (κ1) is 22.5. The van der Waals surface area contributed by atoms with Crippen molar-refractivity contribution in [3.8, 4) is 17.2 Å². The average Bonchev–Trinajstić information content (AvgIpc) is 3.50. The fourth-order valence-electron chi connectivity index (χ4n) is 3.42. The number of nitro benzene ring substituents is 1. The Morgan fingerprint density at radius 2 is 1.81 bits per heavy atom. The Balaban J connectivity index is 1.33. The van der Waals surface area contributed by atoms with Crippen LogP contribution in [0.2, 0.25) is 0 Å². The van der Waals surface area contributed by atoms with Gasteiger partial charge in [-0.3, -0.25) is 10.1 Å². The first-order valence-corrected chi connectivity index (χ1v) is 10.6. The number of non-ortho nitro benzene ring substituents is 1. The second-order valence-electron chi connectivity index (χ2n) is 7.54. The molecule has 0 saturated heterocycles. The molecule has 0 atom stereocenters. The van der Waals surface area contributed by atoms with Gasteiger partial charge in [0.2, 0.25) is 12.7 Å². The van der Waals surface area contributed by atoms with E-state index in [2.05, 4.69) is 4.99 Å². The number of nitro groups is 1. The summed E-state index contributed by atoms with van der Waals surface area (Å²) in [6.45, 7) is 0.120. The molecule has 10 heteroatoms. The summed E-state index contributed by atoms with van der Waals surface area (Å²) in [6.07, 6.45) is 4.14. The van der Waals surface area contributed by atoms with Crippen LogP contribution >= 0.6 is 0 Å². The van der Waals surface area contributed by atoms with Crippen LogP contribution in [0.5, 0.6) is 17.2 Å². The smallest absolute Gasteiger partial charge is 0.363 e. The second-order valence-corrected chi connectivity index (χ2v) is 7.54. The Hall–Kier alpha value is -5.25. The number of nitrogens with zero attached hydrogens (tertiary/aromatic N) is 2. The molecule has 3 aromatic rings. The Morgan fingerprint density at radius 1 is 1.03 bits per heavy atom. The summed E-state index contributed by atoms with van der Waals surface area (Å²) in [4.78, 5) is 39.3. The molecule has 0 bridgehead atoms. The third-order valence-corrected chi connectivity index (χ3v) is 5.18. The lowest BCUT2D eigenvalue weighted by atomic mass is 10.1. The van der Waals surface area contributed by atoms with Gasteiger partial charge in [0.15, 0.2) is 17.2 Å². The fourth-order valence-corrected chi connectivity index (χ4v) is 3.42. The van der Waals surface area contributed by atoms with Gasteiger partial charge in [0.1, 0.15) is 5.75 Å². The number of ether oxygens (including phenoxy) is 4. The number of rotatable bonds is 6. The molecule has 36 heavy (non-hydrogen) atoms. The summed E-state index contributed by atoms with van der Waals surface area (Å²) in [7, 11) is 0. The number of carbonyl (C=O) groups excluding carboxylic acids is 2. The molecular weight excluding hydrogens is 468 g/mol. The van der Waals surface area contributed by atoms with Gasteiger partial charge in [0, 0.05) is 29.3 Å². The van der Waals surface area contributed by atoms with Crippen molar-refractivity contribution in [3.63, 3.8) is 0 Å². The number of hydrogen-bond acceptors (Lipinski definition) is 9. The van der Waals surface area contributed by atoms with Gasteiger partial charge in [-0.15, -0.1) is 0 Å². The fraction of sp³-hybridized carbons (Fsp3) is 0.0385. The van der Waals surface area contributed by atoms with Crippen molar-refractivity contribution in [1.29, 1.82) is 0 Å². The second kappa shape index (κ2) is 9.55. The molecule has 2 aliphatic rings. The highest BCUT2D eigenvalue weighted by Crippen LogP contribution is 2.34. The first-order chi connectivity index (χ1) is 17.5. The van der Waals surface area contributed by atoms with E-state index in [-0.39, 0.29) is 29.8 Å². The van der Waals surface area contributed by atoms with Crippen molar-refractivity contribution < 1.29 is 33.5 Å². The topological polar surface area (TPSA) is 127 Å². The monoisotopic (exact) mass is 484 g/mol. The summed E-state index contributed by atoms with van der Waals surface area (Å²) >= 11 is 0. The molecule has 0 unspecified atom stereocenters. The van der Waals surface area contributed by atoms with Gasteiger partial charge >= 0.3 is 11.9 Å². The molecule has 10 nitrogen and oxygen atoms in total. The standard InChI is InChI=1S/C26H16N2O8/c29-24(12-7-16-5-9-19(10-6-16)28(31)32)35-21-4-2-1-3-17(21)13-20-26(30)36-25(27-20)18-8-11-22-23(14-18)34-15-33-22/h1-14H,15H2/b12-7+,20-13+. The molecule has 5 rings (SSSR count). The van der Waals surface area contributed by atoms with E-state index in [0.29, 0.717) is 28.2 Å². The molecule has 0 fully saturated rings. The predicted octanol–water partition coefficient (Wildman–Crippen LogP) is 4.29. The van der Waals surface area contributed by atoms with E-state index < -0.39 is 16.9 Å². The summed E-state index contributed by atoms with van der Waals surface area (Å²) < 4.78 is 21.4. The van der Waals surface area contributed by atoms with E-state index in [4.69, 9.17) is 18.9 Å². The van der Waals surface area contributed by atoms with Gasteiger partial charge in [0.25, 0.3) is 5.69 Å². The number of para-hydroxylation sites is 1. The van der Waals surface area contributed by atoms with Crippen LogP contribution in [0.25, 0.3) is 12.2 Å². The number of cyclic esters (lactones) is 1. The molecule has 2 aliphatic heterocycles. The molecule has 0 saturated carbocycles. The van der Waals surface area contributed by atoms with Gasteiger partial charge < -0.3 is 18.9 Å². The zero-order chi connectivity index (χ0) is 25.1. The van der Waals surface area contributed by atoms with Crippen molar-refractivity contribution in [2.45, 2.75) is 0 Å². The van der Waals surface area contributed by atoms with Crippen LogP contribution in [0, 0.1) is 10.1 Å². The highest BCUT2D eigenvalue weighted by atomic mass is 16.7. The maximum atomic E-state index is 12.4. The van der Waals surface area contributed by atoms with Gasteiger partial charge in [-0.2, -0.15) is 0 Å². The molecule has 0 N–H and O–H groups in total. The van der Waals surface area contributed by atoms with Crippen LogP contribution in [-0.2, 0) is 14.3 Å². The summed E-state index contributed by atoms with van der Waals surface area (Å²) in [5, 5.41) is 10.8. The zero-order valence-corrected chi connectivity index (χ0v) is 18.5. The number of fused-ring (bicyclic) bond motifs is 1. The van der Waals surface area contributed by atoms with E-state index >= 15 is 0 Å². The number of esters is 2. The minimum Gasteiger partial charge on any atom is -0.454 e. The minimum absolute atomic E-state index is 0.0348. The van der Waals surface area contributed by atoms with Crippen molar-refractivity contribution in [2.24, 2.45) is 4.99 Å². The molecule has 0 aromatic heterocycles. The molecule has 2 heterocycles. The minimum atomic E-state index is -0.669. The lowest BCUT2D eigenvalue weighted by Gasteiger charge is -2.05. The van der Waals surface area contributed by atoms with Crippen molar-refractivity contribution in [1.82, 2.24) is 0 Å². The predicted molar refractivity (Wildman–Crippen MR) is 127 cm³/mol.